The molecule has 0 spiro atoms. The Labute approximate surface area is 175 Å². The Morgan fingerprint density at radius 2 is 2.07 bits per heavy atom. The largest absolute Gasteiger partial charge is 0.354 e. The molecule has 0 bridgehead atoms. The molecule has 0 unspecified atom stereocenters. The maximum atomic E-state index is 12.9. The molecule has 0 saturated carbocycles. The summed E-state index contributed by atoms with van der Waals surface area (Å²) in [4.78, 5) is 24.4. The molecule has 1 aliphatic rings. The first-order valence-corrected chi connectivity index (χ1v) is 10.5. The van der Waals surface area contributed by atoms with Crippen LogP contribution in [-0.2, 0) is 11.3 Å². The van der Waals surface area contributed by atoms with Crippen LogP contribution in [0, 0.1) is 12.8 Å². The van der Waals surface area contributed by atoms with Crippen LogP contribution >= 0.6 is 0 Å². The quantitative estimate of drug-likeness (QED) is 0.568. The van der Waals surface area contributed by atoms with Gasteiger partial charge < -0.3 is 14.6 Å². The van der Waals surface area contributed by atoms with Crippen molar-refractivity contribution in [2.45, 2.75) is 26.3 Å². The number of aryl methyl sites for hydroxylation is 1. The van der Waals surface area contributed by atoms with Crippen molar-refractivity contribution in [2.24, 2.45) is 5.92 Å². The van der Waals surface area contributed by atoms with Crippen LogP contribution in [0.1, 0.15) is 24.0 Å². The maximum absolute atomic E-state index is 12.9. The minimum Gasteiger partial charge on any atom is -0.354 e. The lowest BCUT2D eigenvalue weighted by Gasteiger charge is -2.33. The molecule has 1 N–H and O–H groups in total. The number of hydrogen-bond acceptors (Lipinski definition) is 4. The first-order chi connectivity index (χ1) is 14.7. The molecule has 1 atom stereocenters. The van der Waals surface area contributed by atoms with E-state index in [-0.39, 0.29) is 11.8 Å². The average Bonchev–Trinajstić information content (AvgIpc) is 3.27. The Kier molecular flexibility index (Phi) is 4.83. The first-order valence-electron chi connectivity index (χ1n) is 10.5. The number of aromatic nitrogens is 3. The third-order valence-corrected chi connectivity index (χ3v) is 5.86. The molecule has 3 aromatic heterocycles. The summed E-state index contributed by atoms with van der Waals surface area (Å²) in [6.07, 6.45) is 5.68. The zero-order chi connectivity index (χ0) is 20.5. The lowest BCUT2D eigenvalue weighted by atomic mass is 9.97. The minimum absolute atomic E-state index is 0.0419. The van der Waals surface area contributed by atoms with E-state index in [1.54, 1.807) is 6.20 Å². The van der Waals surface area contributed by atoms with E-state index in [0.717, 1.165) is 47.4 Å². The van der Waals surface area contributed by atoms with Gasteiger partial charge in [-0.05, 0) is 49.6 Å². The fourth-order valence-electron chi connectivity index (χ4n) is 4.37. The number of rotatable bonds is 4. The molecule has 5 rings (SSSR count). The van der Waals surface area contributed by atoms with E-state index in [2.05, 4.69) is 50.8 Å². The lowest BCUT2D eigenvalue weighted by Crippen LogP contribution is -2.43. The number of nitrogens with zero attached hydrogens (tertiary/aromatic N) is 4. The van der Waals surface area contributed by atoms with Crippen molar-refractivity contribution in [1.82, 2.24) is 19.7 Å². The molecule has 30 heavy (non-hydrogen) atoms. The zero-order valence-electron chi connectivity index (χ0n) is 17.1. The molecule has 6 heteroatoms. The standard InChI is InChI=1S/C24H25N5O/c1-17-6-2-7-18(14-17)15-26-24(30)19-8-4-12-28(16-19)23-21-10-5-13-29(21)20-9-3-11-25-22(20)27-23/h2-3,5-7,9-11,13-14,19H,4,8,12,15-16H2,1H3,(H,26,30)/t19-/m1/s1. The summed E-state index contributed by atoms with van der Waals surface area (Å²) >= 11 is 0. The van der Waals surface area contributed by atoms with Crippen molar-refractivity contribution in [3.8, 4) is 0 Å². The molecule has 4 aromatic rings. The number of amides is 1. The number of benzene rings is 1. The number of anilines is 1. The summed E-state index contributed by atoms with van der Waals surface area (Å²) in [5.74, 6) is 0.980. The topological polar surface area (TPSA) is 62.5 Å². The van der Waals surface area contributed by atoms with Crippen LogP contribution in [0.3, 0.4) is 0 Å². The molecule has 0 aliphatic carbocycles. The van der Waals surface area contributed by atoms with Crippen LogP contribution in [0.25, 0.3) is 16.7 Å². The van der Waals surface area contributed by atoms with Crippen molar-refractivity contribution >= 4 is 28.4 Å². The van der Waals surface area contributed by atoms with Gasteiger partial charge in [0, 0.05) is 32.0 Å². The summed E-state index contributed by atoms with van der Waals surface area (Å²) < 4.78 is 2.13. The van der Waals surface area contributed by atoms with Gasteiger partial charge in [0.05, 0.1) is 17.0 Å². The molecule has 1 saturated heterocycles. The molecule has 4 heterocycles. The number of carbonyl (C=O) groups is 1. The van der Waals surface area contributed by atoms with Gasteiger partial charge in [-0.1, -0.05) is 29.8 Å². The molecule has 152 valence electrons. The highest BCUT2D eigenvalue weighted by Gasteiger charge is 2.28. The van der Waals surface area contributed by atoms with Gasteiger partial charge in [0.1, 0.15) is 0 Å². The van der Waals surface area contributed by atoms with Gasteiger partial charge in [-0.2, -0.15) is 0 Å². The lowest BCUT2D eigenvalue weighted by molar-refractivity contribution is -0.125. The van der Waals surface area contributed by atoms with Gasteiger partial charge in [-0.25, -0.2) is 9.97 Å². The number of piperidine rings is 1. The monoisotopic (exact) mass is 399 g/mol. The Balaban J connectivity index is 1.36. The highest BCUT2D eigenvalue weighted by molar-refractivity contribution is 5.84. The summed E-state index contributed by atoms with van der Waals surface area (Å²) in [6, 6.07) is 16.3. The highest BCUT2D eigenvalue weighted by Crippen LogP contribution is 2.28. The number of fused-ring (bicyclic) bond motifs is 3. The van der Waals surface area contributed by atoms with E-state index in [1.807, 2.05) is 30.5 Å². The molecule has 1 aromatic carbocycles. The van der Waals surface area contributed by atoms with E-state index in [9.17, 15) is 4.79 Å². The summed E-state index contributed by atoms with van der Waals surface area (Å²) in [6.45, 7) is 4.20. The zero-order valence-corrected chi connectivity index (χ0v) is 17.1. The fourth-order valence-corrected chi connectivity index (χ4v) is 4.37. The maximum Gasteiger partial charge on any atom is 0.225 e. The molecule has 6 nitrogen and oxygen atoms in total. The smallest absolute Gasteiger partial charge is 0.225 e. The predicted octanol–water partition coefficient (Wildman–Crippen LogP) is 3.72. The predicted molar refractivity (Wildman–Crippen MR) is 118 cm³/mol. The van der Waals surface area contributed by atoms with Gasteiger partial charge in [0.25, 0.3) is 0 Å². The Morgan fingerprint density at radius 1 is 1.17 bits per heavy atom. The van der Waals surface area contributed by atoms with Crippen LogP contribution in [-0.4, -0.2) is 33.4 Å². The molecular formula is C24H25N5O. The van der Waals surface area contributed by atoms with Crippen LogP contribution in [0.5, 0.6) is 0 Å². The van der Waals surface area contributed by atoms with Crippen molar-refractivity contribution in [2.75, 3.05) is 18.0 Å². The highest BCUT2D eigenvalue weighted by atomic mass is 16.1. The van der Waals surface area contributed by atoms with Gasteiger partial charge in [0.2, 0.25) is 5.91 Å². The van der Waals surface area contributed by atoms with Crippen LogP contribution in [0.4, 0.5) is 5.82 Å². The number of hydrogen-bond donors (Lipinski definition) is 1. The van der Waals surface area contributed by atoms with E-state index in [4.69, 9.17) is 4.98 Å². The normalized spacial score (nSPS) is 16.8. The van der Waals surface area contributed by atoms with Crippen LogP contribution in [0.2, 0.25) is 0 Å². The second-order valence-corrected chi connectivity index (χ2v) is 8.04. The Morgan fingerprint density at radius 3 is 2.97 bits per heavy atom. The summed E-state index contributed by atoms with van der Waals surface area (Å²) in [5.41, 5.74) is 5.11. The molecule has 1 aliphatic heterocycles. The molecule has 0 radical (unpaired) electrons. The number of nitrogens with one attached hydrogen (secondary N) is 1. The van der Waals surface area contributed by atoms with Crippen LogP contribution in [0.15, 0.2) is 60.9 Å². The van der Waals surface area contributed by atoms with Gasteiger partial charge in [0.15, 0.2) is 11.5 Å². The van der Waals surface area contributed by atoms with E-state index < -0.39 is 0 Å². The second kappa shape index (κ2) is 7.78. The van der Waals surface area contributed by atoms with Gasteiger partial charge >= 0.3 is 0 Å². The van der Waals surface area contributed by atoms with Crippen molar-refractivity contribution in [1.29, 1.82) is 0 Å². The third-order valence-electron chi connectivity index (χ3n) is 5.86. The van der Waals surface area contributed by atoms with Crippen molar-refractivity contribution in [3.63, 3.8) is 0 Å². The summed E-state index contributed by atoms with van der Waals surface area (Å²) in [5, 5.41) is 3.13. The summed E-state index contributed by atoms with van der Waals surface area (Å²) in [7, 11) is 0. The SMILES string of the molecule is Cc1cccc(CNC(=O)[C@@H]2CCCN(c3nc4ncccc4n4cccc34)C2)c1. The van der Waals surface area contributed by atoms with Crippen molar-refractivity contribution < 1.29 is 4.79 Å². The van der Waals surface area contributed by atoms with Crippen LogP contribution < -0.4 is 10.2 Å². The number of carbonyl (C=O) groups excluding carboxylic acids is 1. The van der Waals surface area contributed by atoms with Crippen molar-refractivity contribution in [3.05, 3.63) is 72.1 Å². The molecular weight excluding hydrogens is 374 g/mol. The fraction of sp³-hybridized carbons (Fsp3) is 0.292. The third kappa shape index (κ3) is 3.49. The first kappa shape index (κ1) is 18.6. The Bertz CT molecular complexity index is 1210. The van der Waals surface area contributed by atoms with Gasteiger partial charge in [-0.15, -0.1) is 0 Å². The average molecular weight is 399 g/mol. The van der Waals surface area contributed by atoms with E-state index in [0.29, 0.717) is 13.1 Å². The van der Waals surface area contributed by atoms with Gasteiger partial charge in [-0.3, -0.25) is 4.79 Å². The number of pyridine rings is 1. The molecule has 1 fully saturated rings. The Hall–Kier alpha value is -3.41. The van der Waals surface area contributed by atoms with E-state index in [1.165, 1.54) is 5.56 Å². The van der Waals surface area contributed by atoms with E-state index >= 15 is 0 Å². The molecule has 1 amide bonds. The minimum atomic E-state index is -0.0419. The second-order valence-electron chi connectivity index (χ2n) is 8.04.